The lowest BCUT2D eigenvalue weighted by molar-refractivity contribution is 1.01. The third-order valence-corrected chi connectivity index (χ3v) is 6.61. The number of hydrogen-bond acceptors (Lipinski definition) is 1. The van der Waals surface area contributed by atoms with E-state index >= 15 is 0 Å². The number of nitrogens with zero attached hydrogens (tertiary/aromatic N) is 1. The van der Waals surface area contributed by atoms with Crippen molar-refractivity contribution in [2.45, 2.75) is 0 Å². The van der Waals surface area contributed by atoms with Crippen LogP contribution in [0.25, 0.3) is 52.8 Å². The van der Waals surface area contributed by atoms with Gasteiger partial charge in [0.15, 0.2) is 0 Å². The molecule has 2 heteroatoms. The smallest absolute Gasteiger partial charge is 0.0496 e. The second-order valence-electron chi connectivity index (χ2n) is 6.67. The molecular weight excluding hydrogens is 322 g/mol. The van der Waals surface area contributed by atoms with Crippen LogP contribution in [0.1, 0.15) is 0 Å². The molecule has 6 rings (SSSR count). The molecule has 0 amide bonds. The molecule has 4 aromatic carbocycles. The van der Waals surface area contributed by atoms with Crippen molar-refractivity contribution in [1.29, 1.82) is 0 Å². The van der Waals surface area contributed by atoms with Gasteiger partial charge in [0.25, 0.3) is 0 Å². The summed E-state index contributed by atoms with van der Waals surface area (Å²) in [5, 5.41) is 8.18. The van der Waals surface area contributed by atoms with Crippen molar-refractivity contribution in [2.75, 3.05) is 0 Å². The van der Waals surface area contributed by atoms with Crippen LogP contribution in [-0.4, -0.2) is 4.57 Å². The van der Waals surface area contributed by atoms with Crippen molar-refractivity contribution in [3.8, 4) is 0 Å². The molecule has 0 N–H and O–H groups in total. The highest BCUT2D eigenvalue weighted by Gasteiger charge is 2.15. The summed E-state index contributed by atoms with van der Waals surface area (Å²) in [7, 11) is 2.17. The SMILES string of the molecule is Cn1c2ccccc2c2c3c(ccc21)sc1c2ccccc2ccc13. The summed E-state index contributed by atoms with van der Waals surface area (Å²) in [4.78, 5) is 0. The highest BCUT2D eigenvalue weighted by molar-refractivity contribution is 7.27. The lowest BCUT2D eigenvalue weighted by Gasteiger charge is -2.00. The summed E-state index contributed by atoms with van der Waals surface area (Å²) < 4.78 is 5.08. The van der Waals surface area contributed by atoms with E-state index in [0.717, 1.165) is 0 Å². The number of fused-ring (bicyclic) bond motifs is 9. The Morgan fingerprint density at radius 3 is 2.36 bits per heavy atom. The monoisotopic (exact) mass is 337 g/mol. The van der Waals surface area contributed by atoms with Crippen molar-refractivity contribution in [3.05, 3.63) is 72.8 Å². The third kappa shape index (κ3) is 1.62. The molecule has 0 unspecified atom stereocenters. The Hall–Kier alpha value is -2.84. The number of rotatable bonds is 0. The predicted molar refractivity (Wildman–Crippen MR) is 111 cm³/mol. The maximum absolute atomic E-state index is 2.31. The zero-order chi connectivity index (χ0) is 16.5. The number of aromatic nitrogens is 1. The van der Waals surface area contributed by atoms with E-state index in [4.69, 9.17) is 0 Å². The van der Waals surface area contributed by atoms with E-state index in [0.29, 0.717) is 0 Å². The van der Waals surface area contributed by atoms with Gasteiger partial charge in [-0.25, -0.2) is 0 Å². The van der Waals surface area contributed by atoms with E-state index < -0.39 is 0 Å². The standard InChI is InChI=1S/C23H15NS/c1-24-18-9-5-4-8-16(18)21-19(24)12-13-20-22(21)17-11-10-14-6-2-3-7-15(14)23(17)25-20/h2-13H,1H3. The molecule has 0 atom stereocenters. The fourth-order valence-corrected chi connectivity index (χ4v) is 5.49. The Labute approximate surface area is 148 Å². The second-order valence-corrected chi connectivity index (χ2v) is 7.73. The Bertz CT molecular complexity index is 1450. The first kappa shape index (κ1) is 13.5. The largest absolute Gasteiger partial charge is 0.344 e. The fraction of sp³-hybridized carbons (Fsp3) is 0.0435. The van der Waals surface area contributed by atoms with E-state index in [-0.39, 0.29) is 0 Å². The first-order chi connectivity index (χ1) is 12.3. The molecule has 25 heavy (non-hydrogen) atoms. The van der Waals surface area contributed by atoms with Crippen LogP contribution in [0.2, 0.25) is 0 Å². The van der Waals surface area contributed by atoms with Crippen LogP contribution < -0.4 is 0 Å². The summed E-state index contributed by atoms with van der Waals surface area (Å²) in [6, 6.07) is 26.6. The van der Waals surface area contributed by atoms with Gasteiger partial charge in [-0.1, -0.05) is 54.6 Å². The number of hydrogen-bond donors (Lipinski definition) is 0. The molecule has 2 heterocycles. The molecule has 0 aliphatic rings. The van der Waals surface area contributed by atoms with Gasteiger partial charge in [-0.2, -0.15) is 0 Å². The molecule has 1 nitrogen and oxygen atoms in total. The Morgan fingerprint density at radius 2 is 1.44 bits per heavy atom. The molecule has 0 fully saturated rings. The molecular formula is C23H15NS. The van der Waals surface area contributed by atoms with E-state index in [1.165, 1.54) is 52.8 Å². The summed E-state index contributed by atoms with van der Waals surface area (Å²) in [5.74, 6) is 0. The van der Waals surface area contributed by atoms with Gasteiger partial charge in [-0.3, -0.25) is 0 Å². The minimum absolute atomic E-state index is 1.30. The molecule has 6 aromatic rings. The van der Waals surface area contributed by atoms with E-state index in [1.54, 1.807) is 0 Å². The maximum atomic E-state index is 2.31. The first-order valence-electron chi connectivity index (χ1n) is 8.53. The minimum Gasteiger partial charge on any atom is -0.344 e. The third-order valence-electron chi connectivity index (χ3n) is 5.40. The van der Waals surface area contributed by atoms with Gasteiger partial charge < -0.3 is 4.57 Å². The molecule has 0 aliphatic carbocycles. The Morgan fingerprint density at radius 1 is 0.640 bits per heavy atom. The maximum Gasteiger partial charge on any atom is 0.0496 e. The number of para-hydroxylation sites is 1. The lowest BCUT2D eigenvalue weighted by Crippen LogP contribution is -1.85. The van der Waals surface area contributed by atoms with Gasteiger partial charge in [-0.05, 0) is 29.0 Å². The highest BCUT2D eigenvalue weighted by atomic mass is 32.1. The van der Waals surface area contributed by atoms with Gasteiger partial charge in [0.1, 0.15) is 0 Å². The molecule has 118 valence electrons. The zero-order valence-corrected chi connectivity index (χ0v) is 14.6. The van der Waals surface area contributed by atoms with Gasteiger partial charge in [-0.15, -0.1) is 11.3 Å². The van der Waals surface area contributed by atoms with Gasteiger partial charge in [0.05, 0.1) is 0 Å². The normalized spacial score (nSPS) is 12.2. The van der Waals surface area contributed by atoms with E-state index in [2.05, 4.69) is 84.4 Å². The second kappa shape index (κ2) is 4.62. The molecule has 0 aliphatic heterocycles. The Kier molecular flexibility index (Phi) is 2.48. The topological polar surface area (TPSA) is 4.93 Å². The predicted octanol–water partition coefficient (Wildman–Crippen LogP) is 6.85. The molecule has 0 bridgehead atoms. The molecule has 2 aromatic heterocycles. The van der Waals surface area contributed by atoms with Crippen molar-refractivity contribution >= 4 is 64.1 Å². The minimum atomic E-state index is 1.30. The van der Waals surface area contributed by atoms with Crippen LogP contribution >= 0.6 is 11.3 Å². The van der Waals surface area contributed by atoms with Crippen LogP contribution in [0.15, 0.2) is 72.8 Å². The molecule has 0 spiro atoms. The van der Waals surface area contributed by atoms with E-state index in [9.17, 15) is 0 Å². The first-order valence-corrected chi connectivity index (χ1v) is 9.35. The van der Waals surface area contributed by atoms with Crippen LogP contribution in [0.5, 0.6) is 0 Å². The summed E-state index contributed by atoms with van der Waals surface area (Å²) in [6.45, 7) is 0. The van der Waals surface area contributed by atoms with Crippen LogP contribution in [0, 0.1) is 0 Å². The Balaban J connectivity index is 1.96. The number of benzene rings is 4. The number of thiophene rings is 1. The highest BCUT2D eigenvalue weighted by Crippen LogP contribution is 2.44. The molecule has 0 saturated heterocycles. The quantitative estimate of drug-likeness (QED) is 0.285. The van der Waals surface area contributed by atoms with E-state index in [1.807, 2.05) is 11.3 Å². The van der Waals surface area contributed by atoms with Crippen LogP contribution in [-0.2, 0) is 7.05 Å². The van der Waals surface area contributed by atoms with Crippen molar-refractivity contribution < 1.29 is 0 Å². The van der Waals surface area contributed by atoms with Crippen molar-refractivity contribution in [1.82, 2.24) is 4.57 Å². The van der Waals surface area contributed by atoms with Crippen molar-refractivity contribution in [3.63, 3.8) is 0 Å². The van der Waals surface area contributed by atoms with Gasteiger partial charge in [0, 0.05) is 49.0 Å². The summed E-state index contributed by atoms with van der Waals surface area (Å²) in [5.41, 5.74) is 2.60. The average Bonchev–Trinajstić information content (AvgIpc) is 3.18. The molecule has 0 radical (unpaired) electrons. The summed E-state index contributed by atoms with van der Waals surface area (Å²) >= 11 is 1.91. The van der Waals surface area contributed by atoms with Gasteiger partial charge in [0.2, 0.25) is 0 Å². The molecule has 0 saturated carbocycles. The van der Waals surface area contributed by atoms with Crippen LogP contribution in [0.3, 0.4) is 0 Å². The summed E-state index contributed by atoms with van der Waals surface area (Å²) in [6.07, 6.45) is 0. The zero-order valence-electron chi connectivity index (χ0n) is 13.8. The van der Waals surface area contributed by atoms with Crippen LogP contribution in [0.4, 0.5) is 0 Å². The average molecular weight is 337 g/mol. The lowest BCUT2D eigenvalue weighted by atomic mass is 10.0. The van der Waals surface area contributed by atoms with Gasteiger partial charge >= 0.3 is 0 Å². The fourth-order valence-electron chi connectivity index (χ4n) is 4.24. The number of aryl methyl sites for hydroxylation is 1. The van der Waals surface area contributed by atoms with Crippen molar-refractivity contribution in [2.24, 2.45) is 7.05 Å².